The van der Waals surface area contributed by atoms with Crippen molar-refractivity contribution in [1.29, 1.82) is 0 Å². The molecule has 0 bridgehead atoms. The first-order chi connectivity index (χ1) is 8.79. The maximum atomic E-state index is 4.35. The van der Waals surface area contributed by atoms with Gasteiger partial charge < -0.3 is 5.32 Å². The third-order valence-corrected chi connectivity index (χ3v) is 3.90. The Balaban J connectivity index is 1.98. The monoisotopic (exact) mass is 260 g/mol. The first-order valence-electron chi connectivity index (χ1n) is 6.51. The van der Waals surface area contributed by atoms with Crippen molar-refractivity contribution >= 4 is 16.5 Å². The van der Waals surface area contributed by atoms with E-state index < -0.39 is 0 Å². The predicted molar refractivity (Wildman–Crippen MR) is 79.4 cm³/mol. The molecule has 1 aromatic carbocycles. The molecule has 0 aliphatic heterocycles. The van der Waals surface area contributed by atoms with Gasteiger partial charge in [-0.25, -0.2) is 4.98 Å². The van der Waals surface area contributed by atoms with Crippen molar-refractivity contribution in [1.82, 2.24) is 4.98 Å². The summed E-state index contributed by atoms with van der Waals surface area (Å²) in [5, 5.41) is 4.49. The average molecular weight is 260 g/mol. The number of nitrogens with zero attached hydrogens (tertiary/aromatic N) is 1. The fourth-order valence-electron chi connectivity index (χ4n) is 2.11. The lowest BCUT2D eigenvalue weighted by molar-refractivity contribution is 0.637. The van der Waals surface area contributed by atoms with Crippen LogP contribution in [0.3, 0.4) is 0 Å². The van der Waals surface area contributed by atoms with E-state index in [2.05, 4.69) is 54.5 Å². The summed E-state index contributed by atoms with van der Waals surface area (Å²) in [5.74, 6) is 0.570. The molecule has 0 saturated heterocycles. The maximum absolute atomic E-state index is 4.35. The first kappa shape index (κ1) is 13.1. The molecule has 0 amide bonds. The molecular weight excluding hydrogens is 240 g/mol. The number of thiazole rings is 1. The van der Waals surface area contributed by atoms with E-state index in [0.717, 1.165) is 11.7 Å². The Bertz CT molecular complexity index is 464. The summed E-state index contributed by atoms with van der Waals surface area (Å²) in [4.78, 5) is 5.60. The number of anilines is 1. The van der Waals surface area contributed by atoms with Gasteiger partial charge in [-0.05, 0) is 18.9 Å². The van der Waals surface area contributed by atoms with Gasteiger partial charge >= 0.3 is 0 Å². The van der Waals surface area contributed by atoms with E-state index in [9.17, 15) is 0 Å². The summed E-state index contributed by atoms with van der Waals surface area (Å²) >= 11 is 1.72. The lowest BCUT2D eigenvalue weighted by atomic mass is 9.94. The fourth-order valence-corrected chi connectivity index (χ4v) is 2.78. The lowest BCUT2D eigenvalue weighted by Gasteiger charge is -2.17. The largest absolute Gasteiger partial charge is 0.361 e. The van der Waals surface area contributed by atoms with Crippen molar-refractivity contribution in [2.75, 3.05) is 11.9 Å². The van der Waals surface area contributed by atoms with E-state index in [4.69, 9.17) is 0 Å². The number of benzene rings is 1. The predicted octanol–water partition coefficient (Wildman–Crippen LogP) is 4.45. The number of hydrogen-bond acceptors (Lipinski definition) is 3. The molecule has 0 spiro atoms. The van der Waals surface area contributed by atoms with Gasteiger partial charge in [-0.2, -0.15) is 0 Å². The molecule has 2 aromatic rings. The number of aromatic nitrogens is 1. The number of hydrogen-bond donors (Lipinski definition) is 1. The van der Waals surface area contributed by atoms with Crippen LogP contribution in [0, 0.1) is 6.92 Å². The van der Waals surface area contributed by atoms with Crippen LogP contribution in [0.4, 0.5) is 5.13 Å². The molecule has 1 atom stereocenters. The van der Waals surface area contributed by atoms with Crippen LogP contribution in [-0.2, 0) is 0 Å². The quantitative estimate of drug-likeness (QED) is 0.830. The van der Waals surface area contributed by atoms with Crippen LogP contribution >= 0.6 is 11.3 Å². The highest BCUT2D eigenvalue weighted by molar-refractivity contribution is 7.15. The minimum Gasteiger partial charge on any atom is -0.361 e. The second-order valence-corrected chi connectivity index (χ2v) is 5.79. The van der Waals surface area contributed by atoms with Crippen LogP contribution in [0.1, 0.15) is 36.1 Å². The Kier molecular flexibility index (Phi) is 4.76. The Morgan fingerprint density at radius 2 is 2.06 bits per heavy atom. The highest BCUT2D eigenvalue weighted by Gasteiger charge is 2.10. The van der Waals surface area contributed by atoms with Gasteiger partial charge in [0.2, 0.25) is 0 Å². The normalized spacial score (nSPS) is 12.3. The van der Waals surface area contributed by atoms with E-state index in [-0.39, 0.29) is 0 Å². The average Bonchev–Trinajstić information content (AvgIpc) is 2.81. The third kappa shape index (κ3) is 3.57. The van der Waals surface area contributed by atoms with Crippen molar-refractivity contribution in [2.24, 2.45) is 0 Å². The lowest BCUT2D eigenvalue weighted by Crippen LogP contribution is -2.12. The van der Waals surface area contributed by atoms with Crippen LogP contribution in [0.25, 0.3) is 0 Å². The van der Waals surface area contributed by atoms with Crippen molar-refractivity contribution in [3.63, 3.8) is 0 Å². The molecule has 0 aliphatic carbocycles. The molecule has 0 saturated carbocycles. The van der Waals surface area contributed by atoms with E-state index in [1.165, 1.54) is 23.3 Å². The molecule has 1 aromatic heterocycles. The summed E-state index contributed by atoms with van der Waals surface area (Å²) in [5.41, 5.74) is 1.42. The van der Waals surface area contributed by atoms with Crippen LogP contribution in [0.2, 0.25) is 0 Å². The number of aryl methyl sites for hydroxylation is 1. The summed E-state index contributed by atoms with van der Waals surface area (Å²) in [6, 6.07) is 10.7. The molecule has 2 nitrogen and oxygen atoms in total. The molecule has 1 unspecified atom stereocenters. The zero-order chi connectivity index (χ0) is 12.8. The van der Waals surface area contributed by atoms with Gasteiger partial charge in [-0.1, -0.05) is 43.7 Å². The van der Waals surface area contributed by atoms with Crippen LogP contribution in [0.15, 0.2) is 36.5 Å². The second kappa shape index (κ2) is 6.55. The Hall–Kier alpha value is -1.35. The molecule has 0 aliphatic rings. The second-order valence-electron chi connectivity index (χ2n) is 4.55. The van der Waals surface area contributed by atoms with Gasteiger partial charge in [0.15, 0.2) is 5.13 Å². The number of nitrogens with one attached hydrogen (secondary N) is 1. The van der Waals surface area contributed by atoms with Crippen molar-refractivity contribution in [3.8, 4) is 0 Å². The van der Waals surface area contributed by atoms with E-state index in [0.29, 0.717) is 5.92 Å². The fraction of sp³-hybridized carbons (Fsp3) is 0.400. The smallest absolute Gasteiger partial charge is 0.182 e. The molecule has 0 fully saturated rings. The topological polar surface area (TPSA) is 24.9 Å². The van der Waals surface area contributed by atoms with Crippen LogP contribution < -0.4 is 5.32 Å². The standard InChI is InChI=1S/C15H20N2S/c1-3-7-14(13-8-5-4-6-9-13)11-17-15-16-10-12(2)18-15/h4-6,8-10,14H,3,7,11H2,1-2H3,(H,16,17). The van der Waals surface area contributed by atoms with Crippen molar-refractivity contribution in [3.05, 3.63) is 47.0 Å². The van der Waals surface area contributed by atoms with E-state index in [1.54, 1.807) is 11.3 Å². The first-order valence-corrected chi connectivity index (χ1v) is 7.32. The minimum absolute atomic E-state index is 0.570. The zero-order valence-electron chi connectivity index (χ0n) is 11.0. The number of rotatable bonds is 6. The highest BCUT2D eigenvalue weighted by atomic mass is 32.1. The molecule has 18 heavy (non-hydrogen) atoms. The van der Waals surface area contributed by atoms with Gasteiger partial charge in [0, 0.05) is 23.5 Å². The van der Waals surface area contributed by atoms with E-state index >= 15 is 0 Å². The summed E-state index contributed by atoms with van der Waals surface area (Å²) in [6.07, 6.45) is 4.34. The summed E-state index contributed by atoms with van der Waals surface area (Å²) in [6.45, 7) is 5.29. The van der Waals surface area contributed by atoms with Gasteiger partial charge in [-0.15, -0.1) is 11.3 Å². The van der Waals surface area contributed by atoms with Crippen molar-refractivity contribution in [2.45, 2.75) is 32.6 Å². The third-order valence-electron chi connectivity index (χ3n) is 3.03. The van der Waals surface area contributed by atoms with Gasteiger partial charge in [0.1, 0.15) is 0 Å². The van der Waals surface area contributed by atoms with Gasteiger partial charge in [-0.3, -0.25) is 0 Å². The molecular formula is C15H20N2S. The molecule has 3 heteroatoms. The molecule has 96 valence electrons. The van der Waals surface area contributed by atoms with Crippen molar-refractivity contribution < 1.29 is 0 Å². The Labute approximate surface area is 113 Å². The maximum Gasteiger partial charge on any atom is 0.182 e. The minimum atomic E-state index is 0.570. The van der Waals surface area contributed by atoms with Gasteiger partial charge in [0.25, 0.3) is 0 Å². The zero-order valence-corrected chi connectivity index (χ0v) is 11.8. The van der Waals surface area contributed by atoms with Crippen LogP contribution in [-0.4, -0.2) is 11.5 Å². The summed E-state index contributed by atoms with van der Waals surface area (Å²) < 4.78 is 0. The van der Waals surface area contributed by atoms with E-state index in [1.807, 2.05) is 6.20 Å². The Morgan fingerprint density at radius 3 is 2.67 bits per heavy atom. The highest BCUT2D eigenvalue weighted by Crippen LogP contribution is 2.23. The molecule has 1 heterocycles. The SMILES string of the molecule is CCCC(CNc1ncc(C)s1)c1ccccc1. The molecule has 0 radical (unpaired) electrons. The Morgan fingerprint density at radius 1 is 1.28 bits per heavy atom. The van der Waals surface area contributed by atoms with Crippen LogP contribution in [0.5, 0.6) is 0 Å². The summed E-state index contributed by atoms with van der Waals surface area (Å²) in [7, 11) is 0. The molecule has 2 rings (SSSR count). The van der Waals surface area contributed by atoms with Gasteiger partial charge in [0.05, 0.1) is 0 Å². The molecule has 1 N–H and O–H groups in total.